The largest absolute Gasteiger partial charge is 0.347 e. The second-order valence-corrected chi connectivity index (χ2v) is 4.26. The van der Waals surface area contributed by atoms with Crippen molar-refractivity contribution in [1.82, 2.24) is 19.6 Å². The first-order valence-corrected chi connectivity index (χ1v) is 6.35. The lowest BCUT2D eigenvalue weighted by molar-refractivity contribution is 0.926. The standard InChI is InChI=1S/C14H15N5/c1-2-11-6-5-8-15-12(11)10-16-14-17-13-7-3-4-9-19(13)18-14/h3-9H,2,10H2,1H3,(H,16,18). The number of hydrogen-bond donors (Lipinski definition) is 1. The van der Waals surface area contributed by atoms with E-state index in [2.05, 4.69) is 33.4 Å². The minimum atomic E-state index is 0.624. The van der Waals surface area contributed by atoms with Gasteiger partial charge in [0.25, 0.3) is 0 Å². The van der Waals surface area contributed by atoms with E-state index < -0.39 is 0 Å². The van der Waals surface area contributed by atoms with Crippen LogP contribution < -0.4 is 5.32 Å². The van der Waals surface area contributed by atoms with Gasteiger partial charge < -0.3 is 5.32 Å². The maximum atomic E-state index is 4.40. The lowest BCUT2D eigenvalue weighted by atomic mass is 10.1. The summed E-state index contributed by atoms with van der Waals surface area (Å²) in [5.41, 5.74) is 3.13. The van der Waals surface area contributed by atoms with Crippen LogP contribution in [-0.2, 0) is 13.0 Å². The first-order valence-electron chi connectivity index (χ1n) is 6.35. The van der Waals surface area contributed by atoms with E-state index in [0.29, 0.717) is 12.5 Å². The topological polar surface area (TPSA) is 55.1 Å². The van der Waals surface area contributed by atoms with Crippen LogP contribution in [0.15, 0.2) is 42.7 Å². The average Bonchev–Trinajstić information content (AvgIpc) is 2.88. The van der Waals surface area contributed by atoms with E-state index >= 15 is 0 Å². The van der Waals surface area contributed by atoms with E-state index in [4.69, 9.17) is 0 Å². The van der Waals surface area contributed by atoms with Gasteiger partial charge in [0.15, 0.2) is 5.65 Å². The molecule has 0 bridgehead atoms. The Morgan fingerprint density at radius 3 is 3.00 bits per heavy atom. The summed E-state index contributed by atoms with van der Waals surface area (Å²) in [5, 5.41) is 7.57. The first-order chi connectivity index (χ1) is 9.36. The third-order valence-corrected chi connectivity index (χ3v) is 3.02. The first kappa shape index (κ1) is 11.6. The Hall–Kier alpha value is -2.43. The maximum absolute atomic E-state index is 4.40. The molecule has 0 fully saturated rings. The van der Waals surface area contributed by atoms with Gasteiger partial charge in [-0.15, -0.1) is 5.10 Å². The molecule has 0 saturated heterocycles. The number of aromatic nitrogens is 4. The summed E-state index contributed by atoms with van der Waals surface area (Å²) in [7, 11) is 0. The Morgan fingerprint density at radius 1 is 1.21 bits per heavy atom. The number of hydrogen-bond acceptors (Lipinski definition) is 4. The fraction of sp³-hybridized carbons (Fsp3) is 0.214. The zero-order valence-electron chi connectivity index (χ0n) is 10.7. The van der Waals surface area contributed by atoms with Crippen molar-refractivity contribution in [3.63, 3.8) is 0 Å². The summed E-state index contributed by atoms with van der Waals surface area (Å²) in [5.74, 6) is 0.624. The van der Waals surface area contributed by atoms with Crippen molar-refractivity contribution in [2.45, 2.75) is 19.9 Å². The molecule has 3 heterocycles. The zero-order valence-corrected chi connectivity index (χ0v) is 10.7. The number of anilines is 1. The van der Waals surface area contributed by atoms with Crippen LogP contribution in [0.5, 0.6) is 0 Å². The summed E-state index contributed by atoms with van der Waals surface area (Å²) in [4.78, 5) is 8.79. The Bertz CT molecular complexity index is 656. The SMILES string of the molecule is CCc1cccnc1CNc1nc2ccccn2n1. The Kier molecular flexibility index (Phi) is 3.10. The van der Waals surface area contributed by atoms with Gasteiger partial charge in [-0.1, -0.05) is 19.1 Å². The minimum Gasteiger partial charge on any atom is -0.347 e. The van der Waals surface area contributed by atoms with Gasteiger partial charge in [0.1, 0.15) is 0 Å². The Balaban J connectivity index is 1.78. The summed E-state index contributed by atoms with van der Waals surface area (Å²) in [6.07, 6.45) is 4.67. The molecule has 0 aliphatic carbocycles. The molecule has 3 rings (SSSR count). The Morgan fingerprint density at radius 2 is 2.16 bits per heavy atom. The monoisotopic (exact) mass is 253 g/mol. The van der Waals surface area contributed by atoms with Gasteiger partial charge >= 0.3 is 0 Å². The molecule has 3 aromatic rings. The molecule has 96 valence electrons. The predicted molar refractivity (Wildman–Crippen MR) is 73.9 cm³/mol. The Labute approximate surface area is 111 Å². The van der Waals surface area contributed by atoms with E-state index in [0.717, 1.165) is 17.8 Å². The third kappa shape index (κ3) is 2.40. The number of fused-ring (bicyclic) bond motifs is 1. The molecule has 0 amide bonds. The molecular weight excluding hydrogens is 238 g/mol. The molecular formula is C14H15N5. The molecule has 0 aliphatic heterocycles. The normalized spacial score (nSPS) is 10.8. The highest BCUT2D eigenvalue weighted by molar-refractivity contribution is 5.43. The van der Waals surface area contributed by atoms with Gasteiger partial charge in [-0.05, 0) is 30.2 Å². The van der Waals surface area contributed by atoms with Crippen LogP contribution in [0.4, 0.5) is 5.95 Å². The molecule has 5 heteroatoms. The maximum Gasteiger partial charge on any atom is 0.243 e. The van der Waals surface area contributed by atoms with Gasteiger partial charge in [0.05, 0.1) is 12.2 Å². The van der Waals surface area contributed by atoms with Gasteiger partial charge in [-0.25, -0.2) is 4.52 Å². The molecule has 1 N–H and O–H groups in total. The number of aryl methyl sites for hydroxylation is 1. The van der Waals surface area contributed by atoms with Crippen LogP contribution in [0, 0.1) is 0 Å². The molecule has 0 saturated carbocycles. The van der Waals surface area contributed by atoms with Crippen LogP contribution in [0.2, 0.25) is 0 Å². The third-order valence-electron chi connectivity index (χ3n) is 3.02. The second kappa shape index (κ2) is 5.06. The van der Waals surface area contributed by atoms with Crippen molar-refractivity contribution in [2.75, 3.05) is 5.32 Å². The molecule has 0 aromatic carbocycles. The second-order valence-electron chi connectivity index (χ2n) is 4.26. The highest BCUT2D eigenvalue weighted by atomic mass is 15.3. The van der Waals surface area contributed by atoms with Gasteiger partial charge in [0.2, 0.25) is 5.95 Å². The van der Waals surface area contributed by atoms with Crippen LogP contribution in [0.25, 0.3) is 5.65 Å². The smallest absolute Gasteiger partial charge is 0.243 e. The minimum absolute atomic E-state index is 0.624. The molecule has 0 aliphatic rings. The molecule has 5 nitrogen and oxygen atoms in total. The van der Waals surface area contributed by atoms with Crippen LogP contribution in [-0.4, -0.2) is 19.6 Å². The lowest BCUT2D eigenvalue weighted by Gasteiger charge is -2.06. The van der Waals surface area contributed by atoms with Crippen LogP contribution in [0.3, 0.4) is 0 Å². The van der Waals surface area contributed by atoms with Crippen molar-refractivity contribution in [1.29, 1.82) is 0 Å². The highest BCUT2D eigenvalue weighted by Crippen LogP contribution is 2.09. The van der Waals surface area contributed by atoms with E-state index in [-0.39, 0.29) is 0 Å². The molecule has 3 aromatic heterocycles. The van der Waals surface area contributed by atoms with Crippen LogP contribution in [0.1, 0.15) is 18.2 Å². The lowest BCUT2D eigenvalue weighted by Crippen LogP contribution is -2.06. The molecule has 0 radical (unpaired) electrons. The quantitative estimate of drug-likeness (QED) is 0.775. The van der Waals surface area contributed by atoms with Crippen molar-refractivity contribution in [3.8, 4) is 0 Å². The molecule has 0 unspecified atom stereocenters. The highest BCUT2D eigenvalue weighted by Gasteiger charge is 2.05. The van der Waals surface area contributed by atoms with E-state index in [9.17, 15) is 0 Å². The number of nitrogens with one attached hydrogen (secondary N) is 1. The summed E-state index contributed by atoms with van der Waals surface area (Å²) in [6.45, 7) is 2.77. The fourth-order valence-electron chi connectivity index (χ4n) is 2.02. The van der Waals surface area contributed by atoms with Crippen molar-refractivity contribution in [2.24, 2.45) is 0 Å². The van der Waals surface area contributed by atoms with E-state index in [1.54, 1.807) is 4.52 Å². The fourth-order valence-corrected chi connectivity index (χ4v) is 2.02. The number of nitrogens with zero attached hydrogens (tertiary/aromatic N) is 4. The van der Waals surface area contributed by atoms with E-state index in [1.807, 2.05) is 36.7 Å². The van der Waals surface area contributed by atoms with Gasteiger partial charge in [-0.3, -0.25) is 4.98 Å². The number of pyridine rings is 2. The summed E-state index contributed by atoms with van der Waals surface area (Å²) in [6, 6.07) is 9.87. The van der Waals surface area contributed by atoms with Crippen molar-refractivity contribution in [3.05, 3.63) is 54.0 Å². The molecule has 19 heavy (non-hydrogen) atoms. The van der Waals surface area contributed by atoms with Crippen molar-refractivity contribution < 1.29 is 0 Å². The van der Waals surface area contributed by atoms with Crippen molar-refractivity contribution >= 4 is 11.6 Å². The number of rotatable bonds is 4. The van der Waals surface area contributed by atoms with Gasteiger partial charge in [0, 0.05) is 12.4 Å². The van der Waals surface area contributed by atoms with Crippen LogP contribution >= 0.6 is 0 Å². The molecule has 0 spiro atoms. The summed E-state index contributed by atoms with van der Waals surface area (Å²) < 4.78 is 1.75. The summed E-state index contributed by atoms with van der Waals surface area (Å²) >= 11 is 0. The molecule has 0 atom stereocenters. The average molecular weight is 253 g/mol. The predicted octanol–water partition coefficient (Wildman–Crippen LogP) is 2.30. The van der Waals surface area contributed by atoms with E-state index in [1.165, 1.54) is 5.56 Å². The van der Waals surface area contributed by atoms with Gasteiger partial charge in [-0.2, -0.15) is 4.98 Å². The zero-order chi connectivity index (χ0) is 13.1.